The van der Waals surface area contributed by atoms with Crippen LogP contribution in [0, 0.1) is 12.3 Å². The van der Waals surface area contributed by atoms with E-state index in [1.54, 1.807) is 0 Å². The molecule has 1 fully saturated rings. The molecule has 1 saturated heterocycles. The van der Waals surface area contributed by atoms with Gasteiger partial charge in [-0.1, -0.05) is 36.8 Å². The summed E-state index contributed by atoms with van der Waals surface area (Å²) in [7, 11) is 2.21. The first kappa shape index (κ1) is 15.5. The molecule has 0 saturated carbocycles. The van der Waals surface area contributed by atoms with Crippen molar-refractivity contribution < 1.29 is 4.74 Å². The molecule has 1 heterocycles. The highest BCUT2D eigenvalue weighted by Crippen LogP contribution is 2.29. The average molecular weight is 276 g/mol. The molecule has 0 aliphatic carbocycles. The van der Waals surface area contributed by atoms with Gasteiger partial charge in [-0.2, -0.15) is 0 Å². The molecule has 20 heavy (non-hydrogen) atoms. The van der Waals surface area contributed by atoms with Crippen molar-refractivity contribution in [1.82, 2.24) is 10.2 Å². The molecule has 3 nitrogen and oxygen atoms in total. The molecule has 0 amide bonds. The normalized spacial score (nSPS) is 22.6. The molecule has 1 aliphatic rings. The molecule has 1 aliphatic heterocycles. The second-order valence-electron chi connectivity index (χ2n) is 6.24. The van der Waals surface area contributed by atoms with Gasteiger partial charge in [0.1, 0.15) is 0 Å². The lowest BCUT2D eigenvalue weighted by molar-refractivity contribution is 0.117. The number of hydrogen-bond donors (Lipinski definition) is 1. The maximum atomic E-state index is 5.66. The minimum Gasteiger partial charge on any atom is -0.381 e. The van der Waals surface area contributed by atoms with E-state index in [1.165, 1.54) is 11.1 Å². The summed E-state index contributed by atoms with van der Waals surface area (Å²) in [5.74, 6) is 0. The summed E-state index contributed by atoms with van der Waals surface area (Å²) in [6.45, 7) is 10.3. The summed E-state index contributed by atoms with van der Waals surface area (Å²) < 4.78 is 5.66. The zero-order valence-electron chi connectivity index (χ0n) is 13.1. The van der Waals surface area contributed by atoms with Crippen LogP contribution in [0.15, 0.2) is 24.3 Å². The van der Waals surface area contributed by atoms with E-state index in [0.29, 0.717) is 0 Å². The Morgan fingerprint density at radius 1 is 1.30 bits per heavy atom. The zero-order valence-corrected chi connectivity index (χ0v) is 13.1. The lowest BCUT2D eigenvalue weighted by Gasteiger charge is -2.32. The predicted molar refractivity (Wildman–Crippen MR) is 83.9 cm³/mol. The van der Waals surface area contributed by atoms with E-state index in [0.717, 1.165) is 45.8 Å². The van der Waals surface area contributed by atoms with Gasteiger partial charge in [0, 0.05) is 31.7 Å². The van der Waals surface area contributed by atoms with Crippen LogP contribution in [-0.2, 0) is 11.3 Å². The van der Waals surface area contributed by atoms with Crippen molar-refractivity contribution in [1.29, 1.82) is 0 Å². The first-order valence-corrected chi connectivity index (χ1v) is 7.66. The van der Waals surface area contributed by atoms with Crippen LogP contribution in [0.2, 0.25) is 0 Å². The van der Waals surface area contributed by atoms with Crippen LogP contribution in [0.1, 0.15) is 24.5 Å². The van der Waals surface area contributed by atoms with Crippen molar-refractivity contribution in [3.8, 4) is 0 Å². The lowest BCUT2D eigenvalue weighted by Crippen LogP contribution is -2.43. The second-order valence-corrected chi connectivity index (χ2v) is 6.24. The number of nitrogens with one attached hydrogen (secondary N) is 1. The van der Waals surface area contributed by atoms with Gasteiger partial charge in [0.15, 0.2) is 0 Å². The Morgan fingerprint density at radius 2 is 2.05 bits per heavy atom. The fourth-order valence-corrected chi connectivity index (χ4v) is 2.99. The number of ether oxygens (including phenoxy) is 1. The largest absolute Gasteiger partial charge is 0.381 e. The summed E-state index contributed by atoms with van der Waals surface area (Å²) in [6.07, 6.45) is 1.16. The number of hydrogen-bond acceptors (Lipinski definition) is 3. The lowest BCUT2D eigenvalue weighted by atomic mass is 9.86. The van der Waals surface area contributed by atoms with Gasteiger partial charge in [0.05, 0.1) is 6.61 Å². The maximum absolute atomic E-state index is 5.66. The van der Waals surface area contributed by atoms with E-state index in [2.05, 4.69) is 55.4 Å². The Morgan fingerprint density at radius 3 is 2.65 bits per heavy atom. The molecule has 0 spiro atoms. The Balaban J connectivity index is 1.91. The van der Waals surface area contributed by atoms with Gasteiger partial charge in [0.25, 0.3) is 0 Å². The molecule has 1 aromatic carbocycles. The summed E-state index contributed by atoms with van der Waals surface area (Å²) >= 11 is 0. The fourth-order valence-electron chi connectivity index (χ4n) is 2.99. The van der Waals surface area contributed by atoms with Gasteiger partial charge < -0.3 is 15.0 Å². The third-order valence-electron chi connectivity index (χ3n) is 4.11. The van der Waals surface area contributed by atoms with Crippen LogP contribution in [-0.4, -0.2) is 44.8 Å². The van der Waals surface area contributed by atoms with E-state index in [1.807, 2.05) is 0 Å². The number of aryl methyl sites for hydroxylation is 1. The highest BCUT2D eigenvalue weighted by atomic mass is 16.5. The second kappa shape index (κ2) is 7.21. The Bertz CT molecular complexity index is 396. The van der Waals surface area contributed by atoms with Crippen LogP contribution in [0.3, 0.4) is 0 Å². The standard InChI is InChI=1S/C17H28N2O/c1-4-18-12-17(9-10-20-14-17)13-19(3)11-16-7-5-15(2)6-8-16/h5-8,18H,4,9-14H2,1-3H3. The fraction of sp³-hybridized carbons (Fsp3) is 0.647. The molecule has 1 unspecified atom stereocenters. The van der Waals surface area contributed by atoms with E-state index in [9.17, 15) is 0 Å². The SMILES string of the molecule is CCNCC1(CN(C)Cc2ccc(C)cc2)CCOC1. The van der Waals surface area contributed by atoms with Crippen LogP contribution < -0.4 is 5.32 Å². The van der Waals surface area contributed by atoms with Crippen molar-refractivity contribution in [2.75, 3.05) is 39.9 Å². The predicted octanol–water partition coefficient (Wildman–Crippen LogP) is 2.44. The van der Waals surface area contributed by atoms with Gasteiger partial charge in [-0.3, -0.25) is 0 Å². The summed E-state index contributed by atoms with van der Waals surface area (Å²) in [5.41, 5.74) is 3.00. The van der Waals surface area contributed by atoms with Crippen molar-refractivity contribution >= 4 is 0 Å². The molecule has 1 N–H and O–H groups in total. The van der Waals surface area contributed by atoms with Crippen LogP contribution in [0.4, 0.5) is 0 Å². The van der Waals surface area contributed by atoms with Gasteiger partial charge in [-0.05, 0) is 32.5 Å². The van der Waals surface area contributed by atoms with Gasteiger partial charge >= 0.3 is 0 Å². The molecule has 0 radical (unpaired) electrons. The van der Waals surface area contributed by atoms with Crippen LogP contribution in [0.25, 0.3) is 0 Å². The minimum atomic E-state index is 0.287. The van der Waals surface area contributed by atoms with E-state index >= 15 is 0 Å². The number of nitrogens with zero attached hydrogens (tertiary/aromatic N) is 1. The molecule has 1 atom stereocenters. The molecule has 1 aromatic rings. The molecule has 3 heteroatoms. The smallest absolute Gasteiger partial charge is 0.0547 e. The first-order chi connectivity index (χ1) is 9.63. The Hall–Kier alpha value is -0.900. The van der Waals surface area contributed by atoms with Gasteiger partial charge in [-0.15, -0.1) is 0 Å². The van der Waals surface area contributed by atoms with E-state index in [-0.39, 0.29) is 5.41 Å². The molecule has 112 valence electrons. The molecular weight excluding hydrogens is 248 g/mol. The monoisotopic (exact) mass is 276 g/mol. The molecule has 0 bridgehead atoms. The zero-order chi connectivity index (χ0) is 14.4. The third-order valence-corrected chi connectivity index (χ3v) is 4.11. The van der Waals surface area contributed by atoms with E-state index in [4.69, 9.17) is 4.74 Å². The van der Waals surface area contributed by atoms with E-state index < -0.39 is 0 Å². The maximum Gasteiger partial charge on any atom is 0.0547 e. The Kier molecular flexibility index (Phi) is 5.58. The topological polar surface area (TPSA) is 24.5 Å². The molecule has 2 rings (SSSR count). The first-order valence-electron chi connectivity index (χ1n) is 7.66. The van der Waals surface area contributed by atoms with Crippen molar-refractivity contribution in [2.24, 2.45) is 5.41 Å². The van der Waals surface area contributed by atoms with Crippen LogP contribution in [0.5, 0.6) is 0 Å². The number of benzene rings is 1. The highest BCUT2D eigenvalue weighted by molar-refractivity contribution is 5.21. The summed E-state index contributed by atoms with van der Waals surface area (Å²) in [5, 5.41) is 3.50. The minimum absolute atomic E-state index is 0.287. The Labute approximate surface area is 123 Å². The summed E-state index contributed by atoms with van der Waals surface area (Å²) in [6, 6.07) is 8.84. The van der Waals surface area contributed by atoms with Crippen molar-refractivity contribution in [3.63, 3.8) is 0 Å². The average Bonchev–Trinajstić information content (AvgIpc) is 2.88. The van der Waals surface area contributed by atoms with Gasteiger partial charge in [-0.25, -0.2) is 0 Å². The third kappa shape index (κ3) is 4.30. The van der Waals surface area contributed by atoms with Crippen LogP contribution >= 0.6 is 0 Å². The highest BCUT2D eigenvalue weighted by Gasteiger charge is 2.35. The quantitative estimate of drug-likeness (QED) is 0.828. The van der Waals surface area contributed by atoms with Crippen molar-refractivity contribution in [2.45, 2.75) is 26.8 Å². The number of rotatable bonds is 7. The van der Waals surface area contributed by atoms with Gasteiger partial charge in [0.2, 0.25) is 0 Å². The molecular formula is C17H28N2O. The summed E-state index contributed by atoms with van der Waals surface area (Å²) in [4.78, 5) is 2.43. The van der Waals surface area contributed by atoms with Crippen molar-refractivity contribution in [3.05, 3.63) is 35.4 Å². The molecule has 0 aromatic heterocycles.